The molecule has 0 fully saturated rings. The standard InChI is InChI=1S/C17H16N2O/c1-11-4-3-5-12(2)17(11)20-16-9-6-13-10-14(18)7-8-15(13)19-16/h3-10H,18H2,1-2H3. The summed E-state index contributed by atoms with van der Waals surface area (Å²) in [7, 11) is 0. The number of anilines is 1. The second kappa shape index (κ2) is 4.85. The number of hydrogen-bond acceptors (Lipinski definition) is 3. The van der Waals surface area contributed by atoms with Crippen LogP contribution in [0.25, 0.3) is 10.9 Å². The third-order valence-corrected chi connectivity index (χ3v) is 3.30. The molecule has 3 nitrogen and oxygen atoms in total. The zero-order valence-corrected chi connectivity index (χ0v) is 11.6. The van der Waals surface area contributed by atoms with Crippen molar-refractivity contribution in [1.82, 2.24) is 4.98 Å². The maximum atomic E-state index is 5.94. The molecule has 0 unspecified atom stereocenters. The first-order valence-electron chi connectivity index (χ1n) is 6.54. The maximum absolute atomic E-state index is 5.94. The van der Waals surface area contributed by atoms with Gasteiger partial charge in [-0.1, -0.05) is 18.2 Å². The Morgan fingerprint density at radius 3 is 2.45 bits per heavy atom. The largest absolute Gasteiger partial charge is 0.438 e. The summed E-state index contributed by atoms with van der Waals surface area (Å²) in [6, 6.07) is 15.6. The van der Waals surface area contributed by atoms with E-state index in [1.54, 1.807) is 0 Å². The molecule has 1 aromatic heterocycles. The Morgan fingerprint density at radius 2 is 1.70 bits per heavy atom. The summed E-state index contributed by atoms with van der Waals surface area (Å²) in [6.45, 7) is 4.06. The van der Waals surface area contributed by atoms with Crippen molar-refractivity contribution in [1.29, 1.82) is 0 Å². The highest BCUT2D eigenvalue weighted by atomic mass is 16.5. The lowest BCUT2D eigenvalue weighted by Crippen LogP contribution is -1.93. The quantitative estimate of drug-likeness (QED) is 0.705. The van der Waals surface area contributed by atoms with E-state index in [-0.39, 0.29) is 0 Å². The first-order chi connectivity index (χ1) is 9.63. The molecule has 100 valence electrons. The summed E-state index contributed by atoms with van der Waals surface area (Å²) < 4.78 is 5.94. The summed E-state index contributed by atoms with van der Waals surface area (Å²) in [5.74, 6) is 1.47. The van der Waals surface area contributed by atoms with Crippen LogP contribution in [0.1, 0.15) is 11.1 Å². The molecule has 3 heteroatoms. The highest BCUT2D eigenvalue weighted by Gasteiger charge is 2.06. The molecule has 0 amide bonds. The first-order valence-corrected chi connectivity index (χ1v) is 6.54. The predicted molar refractivity (Wildman–Crippen MR) is 82.1 cm³/mol. The van der Waals surface area contributed by atoms with Crippen molar-refractivity contribution in [3.8, 4) is 11.6 Å². The third-order valence-electron chi connectivity index (χ3n) is 3.30. The molecule has 3 rings (SSSR count). The average molecular weight is 264 g/mol. The molecule has 2 N–H and O–H groups in total. The molecule has 0 aliphatic heterocycles. The number of aromatic nitrogens is 1. The Bertz CT molecular complexity index is 761. The van der Waals surface area contributed by atoms with E-state index in [1.807, 2.05) is 62.4 Å². The zero-order chi connectivity index (χ0) is 14.1. The number of nitrogens with zero attached hydrogens (tertiary/aromatic N) is 1. The molecule has 0 saturated carbocycles. The first kappa shape index (κ1) is 12.5. The fraction of sp³-hybridized carbons (Fsp3) is 0.118. The topological polar surface area (TPSA) is 48.1 Å². The van der Waals surface area contributed by atoms with Gasteiger partial charge in [-0.2, -0.15) is 0 Å². The van der Waals surface area contributed by atoms with Crippen LogP contribution in [0.4, 0.5) is 5.69 Å². The number of aryl methyl sites for hydroxylation is 2. The molecule has 0 spiro atoms. The number of ether oxygens (including phenoxy) is 1. The second-order valence-corrected chi connectivity index (χ2v) is 4.92. The van der Waals surface area contributed by atoms with Gasteiger partial charge in [0.2, 0.25) is 5.88 Å². The van der Waals surface area contributed by atoms with Crippen molar-refractivity contribution in [2.45, 2.75) is 13.8 Å². The van der Waals surface area contributed by atoms with Crippen LogP contribution < -0.4 is 10.5 Å². The number of pyridine rings is 1. The minimum absolute atomic E-state index is 0.597. The van der Waals surface area contributed by atoms with Crippen LogP contribution in [0.2, 0.25) is 0 Å². The summed E-state index contributed by atoms with van der Waals surface area (Å²) in [6.07, 6.45) is 0. The molecule has 20 heavy (non-hydrogen) atoms. The van der Waals surface area contributed by atoms with Crippen LogP contribution >= 0.6 is 0 Å². The molecule has 3 aromatic rings. The summed E-state index contributed by atoms with van der Waals surface area (Å²) in [4.78, 5) is 4.52. The molecule has 0 radical (unpaired) electrons. The van der Waals surface area contributed by atoms with Gasteiger partial charge in [0, 0.05) is 17.1 Å². The van der Waals surface area contributed by atoms with Crippen LogP contribution in [0.3, 0.4) is 0 Å². The van der Waals surface area contributed by atoms with E-state index in [1.165, 1.54) is 0 Å². The van der Waals surface area contributed by atoms with Crippen LogP contribution in [0.5, 0.6) is 11.6 Å². The van der Waals surface area contributed by atoms with Gasteiger partial charge in [0.1, 0.15) is 5.75 Å². The predicted octanol–water partition coefficient (Wildman–Crippen LogP) is 4.23. The molecular weight excluding hydrogens is 248 g/mol. The van der Waals surface area contributed by atoms with Gasteiger partial charge in [-0.3, -0.25) is 0 Å². The van der Waals surface area contributed by atoms with Gasteiger partial charge >= 0.3 is 0 Å². The summed E-state index contributed by atoms with van der Waals surface area (Å²) in [5.41, 5.74) is 9.58. The van der Waals surface area contributed by atoms with Crippen molar-refractivity contribution >= 4 is 16.6 Å². The van der Waals surface area contributed by atoms with Crippen LogP contribution in [0, 0.1) is 13.8 Å². The van der Waals surface area contributed by atoms with Crippen molar-refractivity contribution < 1.29 is 4.74 Å². The monoisotopic (exact) mass is 264 g/mol. The van der Waals surface area contributed by atoms with E-state index >= 15 is 0 Å². The number of para-hydroxylation sites is 1. The normalized spacial score (nSPS) is 10.7. The Balaban J connectivity index is 2.01. The Morgan fingerprint density at radius 1 is 0.950 bits per heavy atom. The number of rotatable bonds is 2. The van der Waals surface area contributed by atoms with E-state index < -0.39 is 0 Å². The Hall–Kier alpha value is -2.55. The molecule has 0 aliphatic carbocycles. The number of nitrogen functional groups attached to an aromatic ring is 1. The van der Waals surface area contributed by atoms with E-state index in [2.05, 4.69) is 4.98 Å². The molecule has 0 aliphatic rings. The van der Waals surface area contributed by atoms with Gasteiger partial charge in [0.15, 0.2) is 0 Å². The van der Waals surface area contributed by atoms with Gasteiger partial charge in [-0.05, 0) is 49.2 Å². The fourth-order valence-corrected chi connectivity index (χ4v) is 2.25. The maximum Gasteiger partial charge on any atom is 0.219 e. The highest BCUT2D eigenvalue weighted by molar-refractivity contribution is 5.82. The summed E-state index contributed by atoms with van der Waals surface area (Å²) in [5, 5.41) is 1.01. The molecule has 0 saturated heterocycles. The van der Waals surface area contributed by atoms with Gasteiger partial charge in [0.05, 0.1) is 5.52 Å². The van der Waals surface area contributed by atoms with E-state index in [9.17, 15) is 0 Å². The average Bonchev–Trinajstić information content (AvgIpc) is 2.43. The van der Waals surface area contributed by atoms with E-state index in [0.29, 0.717) is 5.88 Å². The molecule has 2 aromatic carbocycles. The van der Waals surface area contributed by atoms with Crippen LogP contribution in [0.15, 0.2) is 48.5 Å². The third kappa shape index (κ3) is 2.30. The Kier molecular flexibility index (Phi) is 3.03. The zero-order valence-electron chi connectivity index (χ0n) is 11.6. The number of hydrogen-bond donors (Lipinski definition) is 1. The lowest BCUT2D eigenvalue weighted by molar-refractivity contribution is 0.458. The van der Waals surface area contributed by atoms with Crippen molar-refractivity contribution in [2.24, 2.45) is 0 Å². The van der Waals surface area contributed by atoms with Crippen LogP contribution in [-0.4, -0.2) is 4.98 Å². The molecule has 0 bridgehead atoms. The van der Waals surface area contributed by atoms with E-state index in [4.69, 9.17) is 10.5 Å². The summed E-state index contributed by atoms with van der Waals surface area (Å²) >= 11 is 0. The van der Waals surface area contributed by atoms with E-state index in [0.717, 1.165) is 33.5 Å². The lowest BCUT2D eigenvalue weighted by atomic mass is 10.1. The molecule has 1 heterocycles. The fourth-order valence-electron chi connectivity index (χ4n) is 2.25. The second-order valence-electron chi connectivity index (χ2n) is 4.92. The van der Waals surface area contributed by atoms with Gasteiger partial charge in [-0.15, -0.1) is 0 Å². The molecule has 0 atom stereocenters. The highest BCUT2D eigenvalue weighted by Crippen LogP contribution is 2.28. The molecular formula is C17H16N2O. The van der Waals surface area contributed by atoms with Gasteiger partial charge in [-0.25, -0.2) is 4.98 Å². The van der Waals surface area contributed by atoms with Crippen molar-refractivity contribution in [3.63, 3.8) is 0 Å². The van der Waals surface area contributed by atoms with Gasteiger partial charge < -0.3 is 10.5 Å². The SMILES string of the molecule is Cc1cccc(C)c1Oc1ccc2cc(N)ccc2n1. The minimum atomic E-state index is 0.597. The van der Waals surface area contributed by atoms with Gasteiger partial charge in [0.25, 0.3) is 0 Å². The Labute approximate surface area is 118 Å². The van der Waals surface area contributed by atoms with Crippen molar-refractivity contribution in [2.75, 3.05) is 5.73 Å². The van der Waals surface area contributed by atoms with Crippen molar-refractivity contribution in [3.05, 3.63) is 59.7 Å². The minimum Gasteiger partial charge on any atom is -0.438 e. The number of nitrogens with two attached hydrogens (primary N) is 1. The van der Waals surface area contributed by atoms with Crippen LogP contribution in [-0.2, 0) is 0 Å². The smallest absolute Gasteiger partial charge is 0.219 e. The number of fused-ring (bicyclic) bond motifs is 1. The lowest BCUT2D eigenvalue weighted by Gasteiger charge is -2.11. The number of benzene rings is 2.